The van der Waals surface area contributed by atoms with Crippen LogP contribution in [0.15, 0.2) is 42.5 Å². The summed E-state index contributed by atoms with van der Waals surface area (Å²) < 4.78 is 41.5. The van der Waals surface area contributed by atoms with Crippen LogP contribution >= 0.6 is 11.6 Å². The molecule has 0 saturated heterocycles. The molecule has 0 aliphatic carbocycles. The number of carbonyl (C=O) groups excluding carboxylic acids is 1. The summed E-state index contributed by atoms with van der Waals surface area (Å²) >= 11 is 5.86. The molecule has 0 saturated carbocycles. The van der Waals surface area contributed by atoms with Crippen molar-refractivity contribution in [3.63, 3.8) is 0 Å². The number of nitrogens with one attached hydrogen (secondary N) is 1. The fraction of sp³-hybridized carbons (Fsp3) is 0.0714. The van der Waals surface area contributed by atoms with Crippen molar-refractivity contribution in [2.24, 2.45) is 0 Å². The van der Waals surface area contributed by atoms with Crippen LogP contribution in [0.5, 0.6) is 5.75 Å². The van der Waals surface area contributed by atoms with E-state index in [4.69, 9.17) is 11.6 Å². The molecule has 0 heterocycles. The summed E-state index contributed by atoms with van der Waals surface area (Å²) in [6, 6.07) is 9.46. The minimum Gasteiger partial charge on any atom is -0.432 e. The number of halogens is 4. The van der Waals surface area contributed by atoms with Gasteiger partial charge in [-0.15, -0.1) is 0 Å². The minimum atomic E-state index is -3.12. The van der Waals surface area contributed by atoms with Crippen LogP contribution in [-0.4, -0.2) is 12.5 Å². The fourth-order valence-electron chi connectivity index (χ4n) is 1.61. The number of hydrogen-bond donors (Lipinski definition) is 1. The maximum atomic E-state index is 13.5. The number of ether oxygens (including phenoxy) is 1. The van der Waals surface area contributed by atoms with Crippen molar-refractivity contribution in [2.75, 3.05) is 5.32 Å². The first-order valence-corrected chi connectivity index (χ1v) is 6.15. The molecule has 0 unspecified atom stereocenters. The summed E-state index contributed by atoms with van der Waals surface area (Å²) in [5.41, 5.74) is 0.312. The van der Waals surface area contributed by atoms with Crippen LogP contribution in [0.3, 0.4) is 0 Å². The average Bonchev–Trinajstić information content (AvgIpc) is 2.42. The predicted octanol–water partition coefficient (Wildman–Crippen LogP) is 4.33. The number of benzene rings is 2. The van der Waals surface area contributed by atoms with Gasteiger partial charge in [0.2, 0.25) is 0 Å². The van der Waals surface area contributed by atoms with E-state index in [9.17, 15) is 18.0 Å². The predicted molar refractivity (Wildman–Crippen MR) is 72.4 cm³/mol. The van der Waals surface area contributed by atoms with Crippen LogP contribution in [0, 0.1) is 5.82 Å². The van der Waals surface area contributed by atoms with Crippen molar-refractivity contribution in [3.8, 4) is 5.75 Å². The van der Waals surface area contributed by atoms with Gasteiger partial charge in [0.25, 0.3) is 5.91 Å². The third-order valence-corrected chi connectivity index (χ3v) is 2.85. The van der Waals surface area contributed by atoms with E-state index in [0.29, 0.717) is 0 Å². The molecule has 0 aromatic heterocycles. The fourth-order valence-corrected chi connectivity index (χ4v) is 1.84. The van der Waals surface area contributed by atoms with Crippen LogP contribution in [0.2, 0.25) is 5.02 Å². The molecular formula is C14H9ClF3NO2. The zero-order valence-electron chi connectivity index (χ0n) is 10.4. The van der Waals surface area contributed by atoms with Crippen LogP contribution < -0.4 is 10.1 Å². The highest BCUT2D eigenvalue weighted by Gasteiger charge is 2.13. The molecule has 110 valence electrons. The van der Waals surface area contributed by atoms with Crippen molar-refractivity contribution in [2.45, 2.75) is 6.61 Å². The van der Waals surface area contributed by atoms with E-state index in [0.717, 1.165) is 12.1 Å². The lowest BCUT2D eigenvalue weighted by Crippen LogP contribution is -2.12. The lowest BCUT2D eigenvalue weighted by molar-refractivity contribution is -0.0521. The van der Waals surface area contributed by atoms with Crippen molar-refractivity contribution in [3.05, 3.63) is 58.9 Å². The summed E-state index contributed by atoms with van der Waals surface area (Å²) in [4.78, 5) is 11.9. The van der Waals surface area contributed by atoms with Crippen LogP contribution in [0.25, 0.3) is 0 Å². The van der Waals surface area contributed by atoms with Gasteiger partial charge in [-0.05, 0) is 24.3 Å². The van der Waals surface area contributed by atoms with E-state index >= 15 is 0 Å². The number of alkyl halides is 2. The summed E-state index contributed by atoms with van der Waals surface area (Å²) in [6.45, 7) is -3.12. The quantitative estimate of drug-likeness (QED) is 0.912. The molecule has 3 nitrogen and oxygen atoms in total. The van der Waals surface area contributed by atoms with E-state index in [1.54, 1.807) is 12.1 Å². The van der Waals surface area contributed by atoms with Gasteiger partial charge in [0, 0.05) is 11.8 Å². The molecule has 2 aromatic rings. The van der Waals surface area contributed by atoms with Crippen molar-refractivity contribution in [1.29, 1.82) is 0 Å². The molecular weight excluding hydrogens is 307 g/mol. The van der Waals surface area contributed by atoms with Crippen molar-refractivity contribution >= 4 is 23.2 Å². The van der Waals surface area contributed by atoms with Crippen LogP contribution in [0.1, 0.15) is 10.4 Å². The second kappa shape index (κ2) is 6.49. The Labute approximate surface area is 123 Å². The molecule has 1 amide bonds. The molecule has 0 radical (unpaired) electrons. The van der Waals surface area contributed by atoms with E-state index in [2.05, 4.69) is 10.1 Å². The number of rotatable bonds is 4. The molecule has 2 aromatic carbocycles. The Morgan fingerprint density at radius 2 is 1.90 bits per heavy atom. The highest BCUT2D eigenvalue weighted by molar-refractivity contribution is 6.34. The number of carbonyl (C=O) groups is 1. The van der Waals surface area contributed by atoms with Gasteiger partial charge in [-0.1, -0.05) is 23.7 Å². The van der Waals surface area contributed by atoms with Gasteiger partial charge in [-0.3, -0.25) is 4.79 Å². The van der Waals surface area contributed by atoms with Crippen molar-refractivity contribution in [1.82, 2.24) is 0 Å². The summed E-state index contributed by atoms with van der Waals surface area (Å²) in [5, 5.41) is 2.66. The van der Waals surface area contributed by atoms with Gasteiger partial charge >= 0.3 is 6.61 Å². The molecule has 21 heavy (non-hydrogen) atoms. The first kappa shape index (κ1) is 15.2. The van der Waals surface area contributed by atoms with Gasteiger partial charge in [0.05, 0.1) is 10.6 Å². The van der Waals surface area contributed by atoms with Gasteiger partial charge in [-0.25, -0.2) is 4.39 Å². The van der Waals surface area contributed by atoms with E-state index in [-0.39, 0.29) is 16.3 Å². The maximum Gasteiger partial charge on any atom is 0.387 e. The Balaban J connectivity index is 2.15. The largest absolute Gasteiger partial charge is 0.432 e. The SMILES string of the molecule is O=C(Nc1ccc(OC(F)F)c(F)c1)c1ccccc1Cl. The Kier molecular flexibility index (Phi) is 4.70. The third-order valence-electron chi connectivity index (χ3n) is 2.52. The molecule has 7 heteroatoms. The number of amides is 1. The van der Waals surface area contributed by atoms with Crippen LogP contribution in [-0.2, 0) is 0 Å². The van der Waals surface area contributed by atoms with E-state index in [1.807, 2.05) is 0 Å². The zero-order chi connectivity index (χ0) is 15.4. The molecule has 0 fully saturated rings. The van der Waals surface area contributed by atoms with E-state index < -0.39 is 24.1 Å². The highest BCUT2D eigenvalue weighted by Crippen LogP contribution is 2.24. The topological polar surface area (TPSA) is 38.3 Å². The molecule has 0 bridgehead atoms. The summed E-state index contributed by atoms with van der Waals surface area (Å²) in [6.07, 6.45) is 0. The number of hydrogen-bond acceptors (Lipinski definition) is 2. The molecule has 0 atom stereocenters. The standard InChI is InChI=1S/C14H9ClF3NO2/c15-10-4-2-1-3-9(10)13(20)19-8-5-6-12(11(16)7-8)21-14(17)18/h1-7,14H,(H,19,20). The lowest BCUT2D eigenvalue weighted by atomic mass is 10.2. The van der Waals surface area contributed by atoms with Gasteiger partial charge < -0.3 is 10.1 Å². The zero-order valence-corrected chi connectivity index (χ0v) is 11.2. The normalized spacial score (nSPS) is 10.5. The molecule has 0 aliphatic heterocycles. The second-order valence-electron chi connectivity index (χ2n) is 3.96. The smallest absolute Gasteiger partial charge is 0.387 e. The Bertz CT molecular complexity index is 664. The monoisotopic (exact) mass is 315 g/mol. The third kappa shape index (κ3) is 3.88. The molecule has 2 rings (SSSR count). The van der Waals surface area contributed by atoms with Gasteiger partial charge in [-0.2, -0.15) is 8.78 Å². The summed E-state index contributed by atoms with van der Waals surface area (Å²) in [5.74, 6) is -2.14. The van der Waals surface area contributed by atoms with E-state index in [1.165, 1.54) is 18.2 Å². The Hall–Kier alpha value is -2.21. The Morgan fingerprint density at radius 3 is 2.52 bits per heavy atom. The maximum absolute atomic E-state index is 13.5. The molecule has 1 N–H and O–H groups in total. The highest BCUT2D eigenvalue weighted by atomic mass is 35.5. The van der Waals surface area contributed by atoms with Crippen LogP contribution in [0.4, 0.5) is 18.9 Å². The average molecular weight is 316 g/mol. The summed E-state index contributed by atoms with van der Waals surface area (Å²) in [7, 11) is 0. The number of anilines is 1. The molecule has 0 aliphatic rings. The second-order valence-corrected chi connectivity index (χ2v) is 4.36. The van der Waals surface area contributed by atoms with Gasteiger partial charge in [0.1, 0.15) is 0 Å². The first-order valence-electron chi connectivity index (χ1n) is 5.77. The lowest BCUT2D eigenvalue weighted by Gasteiger charge is -2.09. The Morgan fingerprint density at radius 1 is 1.19 bits per heavy atom. The van der Waals surface area contributed by atoms with Crippen molar-refractivity contribution < 1.29 is 22.7 Å². The minimum absolute atomic E-state index is 0.0963. The first-order chi connectivity index (χ1) is 9.97. The molecule has 0 spiro atoms. The van der Waals surface area contributed by atoms with Gasteiger partial charge in [0.15, 0.2) is 11.6 Å².